The summed E-state index contributed by atoms with van der Waals surface area (Å²) in [6, 6.07) is 0. The summed E-state index contributed by atoms with van der Waals surface area (Å²) in [5.41, 5.74) is 0. The van der Waals surface area contributed by atoms with Crippen molar-refractivity contribution in [3.8, 4) is 0 Å². The lowest BCUT2D eigenvalue weighted by Crippen LogP contribution is -2.45. The van der Waals surface area contributed by atoms with Crippen LogP contribution in [0, 0.1) is 0 Å². The molecule has 0 bridgehead atoms. The van der Waals surface area contributed by atoms with Gasteiger partial charge in [-0.3, -0.25) is 4.74 Å². The maximum absolute atomic E-state index is 12.1. The van der Waals surface area contributed by atoms with Gasteiger partial charge in [0.2, 0.25) is 0 Å². The van der Waals surface area contributed by atoms with Gasteiger partial charge in [0.25, 0.3) is 0 Å². The molecule has 0 saturated carbocycles. The predicted octanol–water partition coefficient (Wildman–Crippen LogP) is 3.10. The Kier molecular flexibility index (Phi) is 7.77. The quantitative estimate of drug-likeness (QED) is 0.568. The lowest BCUT2D eigenvalue weighted by atomic mass is 10.4. The van der Waals surface area contributed by atoms with Crippen LogP contribution in [0.15, 0.2) is 0 Å². The molecule has 0 N–H and O–H groups in total. The molecule has 17 heavy (non-hydrogen) atoms. The van der Waals surface area contributed by atoms with Gasteiger partial charge in [-0.05, 0) is 6.92 Å². The molecular formula is C8H14F6O3. The number of hydrogen-bond acceptors (Lipinski definition) is 3. The first kappa shape index (κ1) is 18.8. The minimum atomic E-state index is -5.29. The highest BCUT2D eigenvalue weighted by atomic mass is 19.3. The molecule has 0 radical (unpaired) electrons. The average Bonchev–Trinajstić information content (AvgIpc) is 2.15. The number of ether oxygens (including phenoxy) is 3. The third-order valence-electron chi connectivity index (χ3n) is 1.28. The van der Waals surface area contributed by atoms with Gasteiger partial charge in [-0.2, -0.15) is 17.6 Å². The fraction of sp³-hybridized carbons (Fsp3) is 1.00. The molecule has 0 amide bonds. The SMILES string of the molecule is CCOC.COC(F)(F)OC(F)(F)C(C)(F)F. The molecule has 0 aromatic heterocycles. The minimum Gasteiger partial charge on any atom is -0.385 e. The first-order valence-corrected chi connectivity index (χ1v) is 4.31. The van der Waals surface area contributed by atoms with Gasteiger partial charge in [0, 0.05) is 27.8 Å². The molecule has 0 heterocycles. The zero-order valence-corrected chi connectivity index (χ0v) is 9.70. The second-order valence-corrected chi connectivity index (χ2v) is 2.75. The molecule has 0 spiro atoms. The molecule has 0 saturated heterocycles. The standard InChI is InChI=1S/C5H6F6O2.C3H8O/c1-3(6,7)4(8,9)13-5(10,11)12-2;1-3-4-2/h1-2H3;3H2,1-2H3. The Bertz CT molecular complexity index is 202. The summed E-state index contributed by atoms with van der Waals surface area (Å²) in [5.74, 6) is -4.71. The van der Waals surface area contributed by atoms with E-state index >= 15 is 0 Å². The molecule has 0 fully saturated rings. The summed E-state index contributed by atoms with van der Waals surface area (Å²) < 4.78 is 82.0. The molecule has 0 aromatic carbocycles. The summed E-state index contributed by atoms with van der Waals surface area (Å²) in [4.78, 5) is 0. The van der Waals surface area contributed by atoms with E-state index in [1.165, 1.54) is 0 Å². The van der Waals surface area contributed by atoms with Gasteiger partial charge in [0.05, 0.1) is 0 Å². The van der Waals surface area contributed by atoms with Crippen LogP contribution in [-0.4, -0.2) is 39.2 Å². The topological polar surface area (TPSA) is 27.7 Å². The van der Waals surface area contributed by atoms with Gasteiger partial charge in [-0.15, -0.1) is 8.78 Å². The van der Waals surface area contributed by atoms with Crippen molar-refractivity contribution < 1.29 is 40.6 Å². The molecule has 0 atom stereocenters. The van der Waals surface area contributed by atoms with Crippen LogP contribution in [0.25, 0.3) is 0 Å². The highest BCUT2D eigenvalue weighted by molar-refractivity contribution is 4.71. The Morgan fingerprint density at radius 3 is 1.47 bits per heavy atom. The summed E-state index contributed by atoms with van der Waals surface area (Å²) in [6.07, 6.45) is -10.0. The molecule has 3 nitrogen and oxygen atoms in total. The van der Waals surface area contributed by atoms with Gasteiger partial charge < -0.3 is 4.74 Å². The fourth-order valence-electron chi connectivity index (χ4n) is 0.281. The Morgan fingerprint density at radius 2 is 1.29 bits per heavy atom. The molecule has 106 valence electrons. The molecule has 0 rings (SSSR count). The molecular weight excluding hydrogens is 258 g/mol. The fourth-order valence-corrected chi connectivity index (χ4v) is 0.281. The van der Waals surface area contributed by atoms with Crippen molar-refractivity contribution >= 4 is 0 Å². The van der Waals surface area contributed by atoms with Crippen LogP contribution in [0.3, 0.4) is 0 Å². The van der Waals surface area contributed by atoms with Crippen LogP contribution in [0.2, 0.25) is 0 Å². The molecule has 0 aliphatic rings. The number of hydrogen-bond donors (Lipinski definition) is 0. The van der Waals surface area contributed by atoms with E-state index in [-0.39, 0.29) is 6.92 Å². The monoisotopic (exact) mass is 272 g/mol. The Labute approximate surface area is 94.6 Å². The first-order chi connectivity index (χ1) is 7.43. The summed E-state index contributed by atoms with van der Waals surface area (Å²) in [5, 5.41) is 0. The van der Waals surface area contributed by atoms with Crippen molar-refractivity contribution in [2.24, 2.45) is 0 Å². The average molecular weight is 272 g/mol. The third-order valence-corrected chi connectivity index (χ3v) is 1.28. The second-order valence-electron chi connectivity index (χ2n) is 2.75. The molecule has 9 heteroatoms. The van der Waals surface area contributed by atoms with Crippen LogP contribution < -0.4 is 0 Å². The van der Waals surface area contributed by atoms with E-state index in [2.05, 4.69) is 14.2 Å². The number of methoxy groups -OCH3 is 2. The van der Waals surface area contributed by atoms with E-state index in [4.69, 9.17) is 0 Å². The van der Waals surface area contributed by atoms with Crippen molar-refractivity contribution in [3.63, 3.8) is 0 Å². The Hall–Kier alpha value is -0.540. The van der Waals surface area contributed by atoms with Crippen LogP contribution in [0.5, 0.6) is 0 Å². The van der Waals surface area contributed by atoms with E-state index in [9.17, 15) is 26.3 Å². The summed E-state index contributed by atoms with van der Waals surface area (Å²) >= 11 is 0. The molecule has 0 aromatic rings. The normalized spacial score (nSPS) is 13.1. The maximum Gasteiger partial charge on any atom is 0.490 e. The first-order valence-electron chi connectivity index (χ1n) is 4.31. The minimum absolute atomic E-state index is 0.251. The van der Waals surface area contributed by atoms with E-state index in [1.807, 2.05) is 6.92 Å². The molecule has 0 aliphatic carbocycles. The van der Waals surface area contributed by atoms with Crippen LogP contribution >= 0.6 is 0 Å². The lowest BCUT2D eigenvalue weighted by molar-refractivity contribution is -0.490. The molecule has 0 unspecified atom stereocenters. The third kappa shape index (κ3) is 8.22. The van der Waals surface area contributed by atoms with E-state index in [1.54, 1.807) is 7.11 Å². The lowest BCUT2D eigenvalue weighted by Gasteiger charge is -2.25. The smallest absolute Gasteiger partial charge is 0.385 e. The maximum atomic E-state index is 12.1. The van der Waals surface area contributed by atoms with Crippen LogP contribution in [0.4, 0.5) is 26.3 Å². The number of rotatable bonds is 5. The van der Waals surface area contributed by atoms with Gasteiger partial charge in [0.1, 0.15) is 0 Å². The molecule has 0 aliphatic heterocycles. The number of halogens is 6. The Morgan fingerprint density at radius 1 is 0.941 bits per heavy atom. The zero-order valence-electron chi connectivity index (χ0n) is 9.70. The van der Waals surface area contributed by atoms with E-state index < -0.39 is 18.3 Å². The predicted molar refractivity (Wildman–Crippen MR) is 46.2 cm³/mol. The summed E-state index contributed by atoms with van der Waals surface area (Å²) in [6.45, 7) is 2.53. The highest BCUT2D eigenvalue weighted by Crippen LogP contribution is 2.38. The van der Waals surface area contributed by atoms with Crippen molar-refractivity contribution in [1.29, 1.82) is 0 Å². The van der Waals surface area contributed by atoms with Crippen molar-refractivity contribution in [1.82, 2.24) is 0 Å². The van der Waals surface area contributed by atoms with E-state index in [0.29, 0.717) is 7.11 Å². The zero-order chi connectivity index (χ0) is 14.3. The van der Waals surface area contributed by atoms with Crippen LogP contribution in [-0.2, 0) is 14.2 Å². The van der Waals surface area contributed by atoms with Crippen molar-refractivity contribution in [2.45, 2.75) is 32.2 Å². The highest BCUT2D eigenvalue weighted by Gasteiger charge is 2.59. The van der Waals surface area contributed by atoms with Crippen molar-refractivity contribution in [2.75, 3.05) is 20.8 Å². The van der Waals surface area contributed by atoms with Gasteiger partial charge in [-0.1, -0.05) is 0 Å². The second kappa shape index (κ2) is 7.02. The Balaban J connectivity index is 0. The van der Waals surface area contributed by atoms with E-state index in [0.717, 1.165) is 6.61 Å². The van der Waals surface area contributed by atoms with Gasteiger partial charge in [-0.25, -0.2) is 4.74 Å². The van der Waals surface area contributed by atoms with Gasteiger partial charge in [0.15, 0.2) is 0 Å². The van der Waals surface area contributed by atoms with Crippen LogP contribution in [0.1, 0.15) is 13.8 Å². The van der Waals surface area contributed by atoms with Crippen molar-refractivity contribution in [3.05, 3.63) is 0 Å². The number of alkyl halides is 6. The van der Waals surface area contributed by atoms with Gasteiger partial charge >= 0.3 is 18.3 Å². The largest absolute Gasteiger partial charge is 0.490 e. The summed E-state index contributed by atoms with van der Waals surface area (Å²) in [7, 11) is 2.02.